The van der Waals surface area contributed by atoms with Gasteiger partial charge >= 0.3 is 0 Å². The minimum atomic E-state index is 0.163. The Labute approximate surface area is 162 Å². The number of rotatable bonds is 3. The molecule has 1 aromatic carbocycles. The second-order valence-corrected chi connectivity index (χ2v) is 7.30. The molecule has 4 aromatic rings. The largest absolute Gasteiger partial charge is 0.312 e. The van der Waals surface area contributed by atoms with Crippen molar-refractivity contribution in [2.75, 3.05) is 11.4 Å². The Morgan fingerprint density at radius 2 is 2.00 bits per heavy atom. The molecule has 0 radical (unpaired) electrons. The Kier molecular flexibility index (Phi) is 3.86. The third kappa shape index (κ3) is 2.56. The van der Waals surface area contributed by atoms with Gasteiger partial charge in [-0.25, -0.2) is 14.5 Å². The fraction of sp³-hybridized carbons (Fsp3) is 0.273. The van der Waals surface area contributed by atoms with Crippen LogP contribution < -0.4 is 4.90 Å². The number of carbonyl (C=O) groups excluding carboxylic acids is 1. The summed E-state index contributed by atoms with van der Waals surface area (Å²) in [4.78, 5) is 23.9. The van der Waals surface area contributed by atoms with E-state index in [4.69, 9.17) is 4.98 Å². The Hall–Kier alpha value is -3.28. The molecule has 0 aliphatic carbocycles. The molecule has 0 saturated carbocycles. The van der Waals surface area contributed by atoms with E-state index in [2.05, 4.69) is 16.1 Å². The van der Waals surface area contributed by atoms with E-state index in [0.29, 0.717) is 18.5 Å². The predicted octanol–water partition coefficient (Wildman–Crippen LogP) is 3.42. The van der Waals surface area contributed by atoms with Gasteiger partial charge in [-0.15, -0.1) is 5.10 Å². The molecule has 140 valence electrons. The fourth-order valence-corrected chi connectivity index (χ4v) is 4.19. The highest BCUT2D eigenvalue weighted by atomic mass is 16.2. The number of hydrogen-bond donors (Lipinski definition) is 0. The van der Waals surface area contributed by atoms with Crippen LogP contribution in [0.25, 0.3) is 16.7 Å². The van der Waals surface area contributed by atoms with Crippen LogP contribution >= 0.6 is 0 Å². The van der Waals surface area contributed by atoms with E-state index in [1.165, 1.54) is 5.56 Å². The van der Waals surface area contributed by atoms with Gasteiger partial charge in [-0.05, 0) is 56.0 Å². The normalized spacial score (nSPS) is 13.4. The van der Waals surface area contributed by atoms with Crippen molar-refractivity contribution in [3.8, 4) is 0 Å². The second kappa shape index (κ2) is 6.41. The number of fused-ring (bicyclic) bond motifs is 4. The smallest absolute Gasteiger partial charge is 0.227 e. The Bertz CT molecular complexity index is 1230. The first-order chi connectivity index (χ1) is 13.6. The maximum atomic E-state index is 12.9. The topological polar surface area (TPSA) is 63.4 Å². The summed E-state index contributed by atoms with van der Waals surface area (Å²) in [6.45, 7) is 4.81. The Morgan fingerprint density at radius 3 is 2.89 bits per heavy atom. The highest BCUT2D eigenvalue weighted by molar-refractivity contribution is 5.95. The number of pyridine rings is 1. The average Bonchev–Trinajstić information content (AvgIpc) is 3.30. The summed E-state index contributed by atoms with van der Waals surface area (Å²) in [5.41, 5.74) is 6.88. The maximum Gasteiger partial charge on any atom is 0.227 e. The lowest BCUT2D eigenvalue weighted by molar-refractivity contribution is -0.118. The number of anilines is 1. The van der Waals surface area contributed by atoms with Crippen LogP contribution in [0.15, 0.2) is 42.6 Å². The van der Waals surface area contributed by atoms with E-state index >= 15 is 0 Å². The summed E-state index contributed by atoms with van der Waals surface area (Å²) >= 11 is 0. The van der Waals surface area contributed by atoms with Crippen molar-refractivity contribution >= 4 is 28.3 Å². The highest BCUT2D eigenvalue weighted by Gasteiger charge is 2.24. The van der Waals surface area contributed by atoms with E-state index in [1.807, 2.05) is 53.6 Å². The first-order valence-corrected chi connectivity index (χ1v) is 9.61. The third-order valence-corrected chi connectivity index (χ3v) is 5.66. The van der Waals surface area contributed by atoms with Gasteiger partial charge in [0.05, 0.1) is 5.39 Å². The fourth-order valence-electron chi connectivity index (χ4n) is 4.19. The van der Waals surface area contributed by atoms with E-state index in [0.717, 1.165) is 46.6 Å². The number of amides is 1. The van der Waals surface area contributed by atoms with Crippen LogP contribution in [0.4, 0.5) is 5.69 Å². The van der Waals surface area contributed by atoms with Crippen LogP contribution in [0.5, 0.6) is 0 Å². The summed E-state index contributed by atoms with van der Waals surface area (Å²) in [6, 6.07) is 12.1. The summed E-state index contributed by atoms with van der Waals surface area (Å²) in [5.74, 6) is 0.163. The summed E-state index contributed by atoms with van der Waals surface area (Å²) in [7, 11) is 0. The number of nitrogens with zero attached hydrogens (tertiary/aromatic N) is 5. The molecule has 1 aliphatic heterocycles. The lowest BCUT2D eigenvalue weighted by Gasteiger charge is -2.18. The maximum absolute atomic E-state index is 12.9. The molecule has 1 amide bonds. The molecular weight excluding hydrogens is 350 g/mol. The van der Waals surface area contributed by atoms with Crippen LogP contribution in [-0.2, 0) is 17.6 Å². The van der Waals surface area contributed by atoms with E-state index in [1.54, 1.807) is 6.20 Å². The molecule has 0 saturated heterocycles. The molecule has 4 heterocycles. The molecule has 0 unspecified atom stereocenters. The quantitative estimate of drug-likeness (QED) is 0.554. The second-order valence-electron chi connectivity index (χ2n) is 7.30. The van der Waals surface area contributed by atoms with Crippen LogP contribution in [0.1, 0.15) is 28.9 Å². The lowest BCUT2D eigenvalue weighted by atomic mass is 10.1. The minimum absolute atomic E-state index is 0.163. The van der Waals surface area contributed by atoms with Crippen LogP contribution in [0.3, 0.4) is 0 Å². The monoisotopic (exact) mass is 371 g/mol. The first-order valence-electron chi connectivity index (χ1n) is 9.61. The highest BCUT2D eigenvalue weighted by Crippen LogP contribution is 2.28. The Balaban J connectivity index is 1.44. The minimum Gasteiger partial charge on any atom is -0.312 e. The molecule has 6 nitrogen and oxygen atoms in total. The van der Waals surface area contributed by atoms with Crippen molar-refractivity contribution in [3.05, 3.63) is 65.1 Å². The van der Waals surface area contributed by atoms with Crippen molar-refractivity contribution in [2.45, 2.75) is 33.1 Å². The van der Waals surface area contributed by atoms with Crippen molar-refractivity contribution in [2.24, 2.45) is 0 Å². The molecule has 0 N–H and O–H groups in total. The zero-order chi connectivity index (χ0) is 19.3. The van der Waals surface area contributed by atoms with E-state index in [-0.39, 0.29) is 5.91 Å². The molecule has 5 rings (SSSR count). The molecule has 3 aromatic heterocycles. The zero-order valence-corrected chi connectivity index (χ0v) is 16.0. The van der Waals surface area contributed by atoms with Gasteiger partial charge in [-0.2, -0.15) is 0 Å². The molecule has 0 bridgehead atoms. The number of aromatic nitrogens is 4. The number of carbonyl (C=O) groups is 1. The Morgan fingerprint density at radius 1 is 1.14 bits per heavy atom. The SMILES string of the molecule is Cc1nc2c3cccnc3nn2c(C)c1CCC(=O)N1CCc2ccccc21. The van der Waals surface area contributed by atoms with Gasteiger partial charge in [0.2, 0.25) is 5.91 Å². The van der Waals surface area contributed by atoms with Gasteiger partial charge in [0, 0.05) is 36.2 Å². The van der Waals surface area contributed by atoms with Gasteiger partial charge in [0.25, 0.3) is 0 Å². The van der Waals surface area contributed by atoms with Crippen molar-refractivity contribution in [3.63, 3.8) is 0 Å². The predicted molar refractivity (Wildman–Crippen MR) is 109 cm³/mol. The molecule has 1 aliphatic rings. The lowest BCUT2D eigenvalue weighted by Crippen LogP contribution is -2.29. The molecular formula is C22H21N5O. The number of benzene rings is 1. The van der Waals surface area contributed by atoms with E-state index in [9.17, 15) is 4.79 Å². The van der Waals surface area contributed by atoms with Crippen molar-refractivity contribution in [1.29, 1.82) is 0 Å². The van der Waals surface area contributed by atoms with Gasteiger partial charge < -0.3 is 4.90 Å². The summed E-state index contributed by atoms with van der Waals surface area (Å²) in [5, 5.41) is 5.55. The van der Waals surface area contributed by atoms with Crippen LogP contribution in [-0.4, -0.2) is 32.0 Å². The van der Waals surface area contributed by atoms with Crippen molar-refractivity contribution < 1.29 is 4.79 Å². The molecule has 0 atom stereocenters. The van der Waals surface area contributed by atoms with Gasteiger partial charge in [0.1, 0.15) is 0 Å². The number of para-hydroxylation sites is 1. The van der Waals surface area contributed by atoms with Crippen LogP contribution in [0, 0.1) is 13.8 Å². The molecule has 6 heteroatoms. The number of hydrogen-bond acceptors (Lipinski definition) is 4. The molecule has 28 heavy (non-hydrogen) atoms. The summed E-state index contributed by atoms with van der Waals surface area (Å²) < 4.78 is 1.86. The number of aryl methyl sites for hydroxylation is 2. The standard InChI is InChI=1S/C22H21N5O/c1-14-17(9-10-20(28)26-13-11-16-6-3-4-8-19(16)26)15(2)27-22(24-14)18-7-5-12-23-21(18)25-27/h3-8,12H,9-11,13H2,1-2H3. The van der Waals surface area contributed by atoms with Crippen molar-refractivity contribution in [1.82, 2.24) is 19.6 Å². The third-order valence-electron chi connectivity index (χ3n) is 5.66. The first kappa shape index (κ1) is 16.9. The van der Waals surface area contributed by atoms with Gasteiger partial charge in [-0.1, -0.05) is 18.2 Å². The zero-order valence-electron chi connectivity index (χ0n) is 16.0. The van der Waals surface area contributed by atoms with Gasteiger partial charge in [0.15, 0.2) is 11.3 Å². The average molecular weight is 371 g/mol. The van der Waals surface area contributed by atoms with Crippen LogP contribution in [0.2, 0.25) is 0 Å². The summed E-state index contributed by atoms with van der Waals surface area (Å²) in [6.07, 6.45) is 3.79. The molecule has 0 spiro atoms. The van der Waals surface area contributed by atoms with Gasteiger partial charge in [-0.3, -0.25) is 4.79 Å². The molecule has 0 fully saturated rings. The van der Waals surface area contributed by atoms with E-state index < -0.39 is 0 Å².